The van der Waals surface area contributed by atoms with Gasteiger partial charge >= 0.3 is 0 Å². The fourth-order valence-electron chi connectivity index (χ4n) is 4.11. The van der Waals surface area contributed by atoms with Crippen LogP contribution < -0.4 is 5.32 Å². The number of hydrogen-bond donors (Lipinski definition) is 1. The first kappa shape index (κ1) is 17.5. The molecular formula is C19H32N4O. The number of carbonyl (C=O) groups excluding carboxylic acids is 1. The molecule has 1 N–H and O–H groups in total. The van der Waals surface area contributed by atoms with Crippen molar-refractivity contribution in [1.82, 2.24) is 20.0 Å². The molecule has 0 aromatic carbocycles. The molecule has 2 heterocycles. The van der Waals surface area contributed by atoms with E-state index in [1.807, 2.05) is 23.7 Å². The van der Waals surface area contributed by atoms with Crippen LogP contribution >= 0.6 is 0 Å². The second kappa shape index (κ2) is 8.15. The number of aromatic nitrogens is 2. The zero-order valence-corrected chi connectivity index (χ0v) is 15.3. The van der Waals surface area contributed by atoms with Gasteiger partial charge in [0.15, 0.2) is 0 Å². The van der Waals surface area contributed by atoms with Gasteiger partial charge < -0.3 is 10.2 Å². The minimum absolute atomic E-state index is 0.281. The summed E-state index contributed by atoms with van der Waals surface area (Å²) >= 11 is 0. The SMILES string of the molecule is CN(Cc1cc([C@@H]2CCCNC2)nn1C)C(=O)CC1CCCCC1. The Bertz CT molecular complexity index is 542. The van der Waals surface area contributed by atoms with Crippen molar-refractivity contribution in [2.24, 2.45) is 13.0 Å². The first-order chi connectivity index (χ1) is 11.6. The van der Waals surface area contributed by atoms with Crippen LogP contribution in [0.4, 0.5) is 0 Å². The van der Waals surface area contributed by atoms with Crippen molar-refractivity contribution in [3.8, 4) is 0 Å². The van der Waals surface area contributed by atoms with Crippen molar-refractivity contribution in [3.63, 3.8) is 0 Å². The molecule has 5 heteroatoms. The standard InChI is InChI=1S/C19H32N4O/c1-22(19(24)11-15-7-4-3-5-8-15)14-17-12-18(21-23(17)2)16-9-6-10-20-13-16/h12,15-16,20H,3-11,13-14H2,1-2H3/t16-/m1/s1. The van der Waals surface area contributed by atoms with Crippen LogP contribution in [0.25, 0.3) is 0 Å². The Labute approximate surface area is 145 Å². The van der Waals surface area contributed by atoms with Crippen LogP contribution in [0.1, 0.15) is 68.7 Å². The van der Waals surface area contributed by atoms with Crippen LogP contribution in [0.2, 0.25) is 0 Å². The van der Waals surface area contributed by atoms with Gasteiger partial charge in [-0.15, -0.1) is 0 Å². The highest BCUT2D eigenvalue weighted by Gasteiger charge is 2.22. The first-order valence-corrected chi connectivity index (χ1v) is 9.61. The molecule has 0 spiro atoms. The quantitative estimate of drug-likeness (QED) is 0.902. The van der Waals surface area contributed by atoms with Gasteiger partial charge in [0, 0.05) is 33.0 Å². The molecule has 1 aromatic heterocycles. The summed E-state index contributed by atoms with van der Waals surface area (Å²) in [5.74, 6) is 1.40. The number of nitrogens with one attached hydrogen (secondary N) is 1. The van der Waals surface area contributed by atoms with Crippen molar-refractivity contribution in [3.05, 3.63) is 17.5 Å². The summed E-state index contributed by atoms with van der Waals surface area (Å²) in [5.41, 5.74) is 2.31. The smallest absolute Gasteiger partial charge is 0.222 e. The van der Waals surface area contributed by atoms with Gasteiger partial charge in [0.1, 0.15) is 0 Å². The summed E-state index contributed by atoms with van der Waals surface area (Å²) < 4.78 is 1.95. The average molecular weight is 332 g/mol. The number of piperidine rings is 1. The summed E-state index contributed by atoms with van der Waals surface area (Å²) in [4.78, 5) is 14.4. The molecule has 3 rings (SSSR count). The van der Waals surface area contributed by atoms with E-state index in [1.54, 1.807) is 0 Å². The van der Waals surface area contributed by atoms with Gasteiger partial charge in [-0.25, -0.2) is 0 Å². The zero-order valence-electron chi connectivity index (χ0n) is 15.3. The van der Waals surface area contributed by atoms with Crippen LogP contribution in [-0.2, 0) is 18.4 Å². The molecule has 2 aliphatic rings. The van der Waals surface area contributed by atoms with E-state index in [9.17, 15) is 4.79 Å². The normalized spacial score (nSPS) is 22.5. The van der Waals surface area contributed by atoms with E-state index in [-0.39, 0.29) is 5.91 Å². The Morgan fingerprint density at radius 2 is 2.08 bits per heavy atom. The zero-order chi connectivity index (χ0) is 16.9. The maximum atomic E-state index is 12.5. The van der Waals surface area contributed by atoms with Gasteiger partial charge in [-0.05, 0) is 44.2 Å². The molecule has 2 fully saturated rings. The molecule has 0 unspecified atom stereocenters. The Morgan fingerprint density at radius 3 is 2.79 bits per heavy atom. The molecule has 0 bridgehead atoms. The maximum absolute atomic E-state index is 12.5. The summed E-state index contributed by atoms with van der Waals surface area (Å²) in [6, 6.07) is 2.20. The van der Waals surface area contributed by atoms with E-state index >= 15 is 0 Å². The molecule has 1 aromatic rings. The predicted octanol–water partition coefficient (Wildman–Crippen LogP) is 2.82. The lowest BCUT2D eigenvalue weighted by Gasteiger charge is -2.24. The van der Waals surface area contributed by atoms with Crippen molar-refractivity contribution in [2.45, 2.75) is 63.8 Å². The summed E-state index contributed by atoms with van der Waals surface area (Å²) in [6.45, 7) is 2.80. The van der Waals surface area contributed by atoms with Crippen LogP contribution in [0.15, 0.2) is 6.07 Å². The second-order valence-electron chi connectivity index (χ2n) is 7.69. The Hall–Kier alpha value is -1.36. The molecule has 5 nitrogen and oxygen atoms in total. The molecule has 1 saturated heterocycles. The second-order valence-corrected chi connectivity index (χ2v) is 7.69. The lowest BCUT2D eigenvalue weighted by molar-refractivity contribution is -0.131. The third kappa shape index (κ3) is 4.38. The van der Waals surface area contributed by atoms with E-state index in [0.29, 0.717) is 24.8 Å². The average Bonchev–Trinajstić information content (AvgIpc) is 2.97. The van der Waals surface area contributed by atoms with Crippen molar-refractivity contribution in [1.29, 1.82) is 0 Å². The number of carbonyl (C=O) groups is 1. The lowest BCUT2D eigenvalue weighted by atomic mass is 9.87. The maximum Gasteiger partial charge on any atom is 0.222 e. The molecule has 1 aliphatic carbocycles. The van der Waals surface area contributed by atoms with Crippen molar-refractivity contribution < 1.29 is 4.79 Å². The van der Waals surface area contributed by atoms with E-state index in [2.05, 4.69) is 11.4 Å². The van der Waals surface area contributed by atoms with Crippen molar-refractivity contribution >= 4 is 5.91 Å². The monoisotopic (exact) mass is 332 g/mol. The van der Waals surface area contributed by atoms with Gasteiger partial charge in [0.25, 0.3) is 0 Å². The fourth-order valence-corrected chi connectivity index (χ4v) is 4.11. The van der Waals surface area contributed by atoms with E-state index < -0.39 is 0 Å². The molecule has 1 aliphatic heterocycles. The number of nitrogens with zero attached hydrogens (tertiary/aromatic N) is 3. The van der Waals surface area contributed by atoms with Gasteiger partial charge in [-0.1, -0.05) is 19.3 Å². The van der Waals surface area contributed by atoms with Gasteiger partial charge in [-0.3, -0.25) is 9.48 Å². The predicted molar refractivity (Wildman–Crippen MR) is 95.7 cm³/mol. The van der Waals surface area contributed by atoms with Crippen LogP contribution in [0.5, 0.6) is 0 Å². The van der Waals surface area contributed by atoms with E-state index in [0.717, 1.165) is 18.8 Å². The number of rotatable bonds is 5. The molecule has 0 radical (unpaired) electrons. The Balaban J connectivity index is 1.56. The molecule has 134 valence electrons. The highest BCUT2D eigenvalue weighted by molar-refractivity contribution is 5.76. The summed E-state index contributed by atoms with van der Waals surface area (Å²) in [5, 5.41) is 8.15. The summed E-state index contributed by atoms with van der Waals surface area (Å²) in [6.07, 6.45) is 9.52. The third-order valence-corrected chi connectivity index (χ3v) is 5.72. The topological polar surface area (TPSA) is 50.2 Å². The first-order valence-electron chi connectivity index (χ1n) is 9.61. The molecular weight excluding hydrogens is 300 g/mol. The van der Waals surface area contributed by atoms with Crippen LogP contribution in [-0.4, -0.2) is 40.7 Å². The van der Waals surface area contributed by atoms with Gasteiger partial charge in [-0.2, -0.15) is 5.10 Å². The van der Waals surface area contributed by atoms with Gasteiger partial charge in [0.2, 0.25) is 5.91 Å². The Morgan fingerprint density at radius 1 is 1.29 bits per heavy atom. The molecule has 1 atom stereocenters. The highest BCUT2D eigenvalue weighted by atomic mass is 16.2. The minimum atomic E-state index is 0.281. The van der Waals surface area contributed by atoms with Crippen LogP contribution in [0.3, 0.4) is 0 Å². The Kier molecular flexibility index (Phi) is 5.93. The third-order valence-electron chi connectivity index (χ3n) is 5.72. The molecule has 1 amide bonds. The number of aryl methyl sites for hydroxylation is 1. The lowest BCUT2D eigenvalue weighted by Crippen LogP contribution is -2.29. The van der Waals surface area contributed by atoms with E-state index in [4.69, 9.17) is 5.10 Å². The fraction of sp³-hybridized carbons (Fsp3) is 0.789. The van der Waals surface area contributed by atoms with Gasteiger partial charge in [0.05, 0.1) is 17.9 Å². The van der Waals surface area contributed by atoms with Crippen molar-refractivity contribution in [2.75, 3.05) is 20.1 Å². The number of hydrogen-bond acceptors (Lipinski definition) is 3. The van der Waals surface area contributed by atoms with Crippen LogP contribution in [0, 0.1) is 5.92 Å². The largest absolute Gasteiger partial charge is 0.340 e. The highest BCUT2D eigenvalue weighted by Crippen LogP contribution is 2.27. The summed E-state index contributed by atoms with van der Waals surface area (Å²) in [7, 11) is 3.93. The number of amides is 1. The molecule has 24 heavy (non-hydrogen) atoms. The molecule has 1 saturated carbocycles. The van der Waals surface area contributed by atoms with E-state index in [1.165, 1.54) is 50.6 Å². The minimum Gasteiger partial charge on any atom is -0.340 e.